The van der Waals surface area contributed by atoms with Crippen LogP contribution in [0.3, 0.4) is 0 Å². The molecule has 5 aliphatic rings. The van der Waals surface area contributed by atoms with Gasteiger partial charge in [-0.05, 0) is 74.5 Å². The highest BCUT2D eigenvalue weighted by atomic mass is 16.5. The molecule has 7 atom stereocenters. The van der Waals surface area contributed by atoms with Gasteiger partial charge in [0.2, 0.25) is 0 Å². The molecule has 176 valence electrons. The Hall–Kier alpha value is -1.30. The van der Waals surface area contributed by atoms with Gasteiger partial charge in [-0.15, -0.1) is 0 Å². The van der Waals surface area contributed by atoms with Crippen molar-refractivity contribution in [3.63, 3.8) is 0 Å². The standard InChI is InChI=1S/C27H39NO4/c1-25(2,3)26(4,30)18-13-17-19-12-16-8-9-20(29)23-21(16)27(17,24(32-23)22(18)31-5)10-11-28(19)14-15-6-7-15/h8-9,15,17-19,22,24,29-30H,6-7,10-14H2,1-5H3/t17?,18-,19?,22?,24-,26?,27-/m0/s1. The number of ether oxygens (including phenoxy) is 2. The first-order valence-corrected chi connectivity index (χ1v) is 12.6. The molecule has 1 aromatic carbocycles. The monoisotopic (exact) mass is 441 g/mol. The molecule has 1 spiro atoms. The third-order valence-electron chi connectivity index (χ3n) is 10.2. The van der Waals surface area contributed by atoms with Gasteiger partial charge in [-0.3, -0.25) is 4.90 Å². The van der Waals surface area contributed by atoms with Crippen molar-refractivity contribution in [2.75, 3.05) is 20.2 Å². The van der Waals surface area contributed by atoms with E-state index in [2.05, 4.69) is 31.7 Å². The minimum Gasteiger partial charge on any atom is -0.504 e. The van der Waals surface area contributed by atoms with E-state index >= 15 is 0 Å². The molecule has 2 heterocycles. The van der Waals surface area contributed by atoms with Crippen LogP contribution in [0.5, 0.6) is 11.5 Å². The number of hydrogen-bond donors (Lipinski definition) is 2. The molecule has 2 N–H and O–H groups in total. The van der Waals surface area contributed by atoms with Crippen LogP contribution in [0.2, 0.25) is 0 Å². The Balaban J connectivity index is 1.50. The summed E-state index contributed by atoms with van der Waals surface area (Å²) in [5.41, 5.74) is 1.29. The molecule has 2 bridgehead atoms. The molecule has 0 aromatic heterocycles. The quantitative estimate of drug-likeness (QED) is 0.743. The van der Waals surface area contributed by atoms with E-state index in [0.717, 1.165) is 31.7 Å². The molecule has 6 rings (SSSR count). The third kappa shape index (κ3) is 2.62. The number of nitrogens with zero attached hydrogens (tertiary/aromatic N) is 1. The van der Waals surface area contributed by atoms with Crippen LogP contribution in [-0.2, 0) is 16.6 Å². The minimum absolute atomic E-state index is 0.0306. The second-order valence-electron chi connectivity index (χ2n) is 12.5. The maximum absolute atomic E-state index is 11.9. The Morgan fingerprint density at radius 1 is 1.22 bits per heavy atom. The second-order valence-corrected chi connectivity index (χ2v) is 12.5. The highest BCUT2D eigenvalue weighted by Gasteiger charge is 2.70. The van der Waals surface area contributed by atoms with Crippen molar-refractivity contribution in [1.29, 1.82) is 0 Å². The average molecular weight is 442 g/mol. The van der Waals surface area contributed by atoms with Gasteiger partial charge in [0, 0.05) is 36.6 Å². The Kier molecular flexibility index (Phi) is 4.41. The summed E-state index contributed by atoms with van der Waals surface area (Å²) >= 11 is 0. The fourth-order valence-electron chi connectivity index (χ4n) is 7.82. The predicted molar refractivity (Wildman–Crippen MR) is 123 cm³/mol. The second kappa shape index (κ2) is 6.64. The summed E-state index contributed by atoms with van der Waals surface area (Å²) in [6, 6.07) is 4.41. The van der Waals surface area contributed by atoms with Crippen molar-refractivity contribution >= 4 is 0 Å². The Labute approximate surface area is 192 Å². The van der Waals surface area contributed by atoms with Gasteiger partial charge < -0.3 is 19.7 Å². The Morgan fingerprint density at radius 3 is 2.62 bits per heavy atom. The number of aliphatic hydroxyl groups is 1. The summed E-state index contributed by atoms with van der Waals surface area (Å²) in [5, 5.41) is 22.7. The topological polar surface area (TPSA) is 62.2 Å². The van der Waals surface area contributed by atoms with Gasteiger partial charge in [-0.25, -0.2) is 0 Å². The molecule has 0 amide bonds. The number of aromatic hydroxyl groups is 1. The number of benzene rings is 1. The summed E-state index contributed by atoms with van der Waals surface area (Å²) in [4.78, 5) is 2.76. The number of phenols is 1. The zero-order valence-corrected chi connectivity index (χ0v) is 20.2. The van der Waals surface area contributed by atoms with E-state index in [-0.39, 0.29) is 34.7 Å². The fraction of sp³-hybridized carbons (Fsp3) is 0.778. The van der Waals surface area contributed by atoms with Gasteiger partial charge in [-0.2, -0.15) is 0 Å². The largest absolute Gasteiger partial charge is 0.504 e. The summed E-state index contributed by atoms with van der Waals surface area (Å²) in [7, 11) is 1.77. The number of hydrogen-bond acceptors (Lipinski definition) is 5. The van der Waals surface area contributed by atoms with Crippen molar-refractivity contribution in [1.82, 2.24) is 4.90 Å². The first-order chi connectivity index (χ1) is 15.1. The maximum atomic E-state index is 11.9. The summed E-state index contributed by atoms with van der Waals surface area (Å²) in [6.45, 7) is 10.7. The molecule has 4 unspecified atom stereocenters. The zero-order valence-electron chi connectivity index (χ0n) is 20.2. The summed E-state index contributed by atoms with van der Waals surface area (Å²) < 4.78 is 12.9. The first-order valence-electron chi connectivity index (χ1n) is 12.6. The van der Waals surface area contributed by atoms with E-state index in [9.17, 15) is 10.2 Å². The van der Waals surface area contributed by atoms with Crippen molar-refractivity contribution in [3.8, 4) is 11.5 Å². The predicted octanol–water partition coefficient (Wildman–Crippen LogP) is 3.88. The summed E-state index contributed by atoms with van der Waals surface area (Å²) in [6.07, 6.45) is 5.34. The molecule has 2 saturated carbocycles. The summed E-state index contributed by atoms with van der Waals surface area (Å²) in [5.74, 6) is 2.17. The molecule has 0 radical (unpaired) electrons. The molecule has 5 heteroatoms. The van der Waals surface area contributed by atoms with Crippen LogP contribution in [0.15, 0.2) is 12.1 Å². The lowest BCUT2D eigenvalue weighted by atomic mass is 9.47. The van der Waals surface area contributed by atoms with Crippen LogP contribution in [0.4, 0.5) is 0 Å². The number of phenolic OH excluding ortho intramolecular Hbond substituents is 1. The number of likely N-dealkylation sites (tertiary alicyclic amines) is 1. The van der Waals surface area contributed by atoms with Crippen molar-refractivity contribution < 1.29 is 19.7 Å². The maximum Gasteiger partial charge on any atom is 0.165 e. The van der Waals surface area contributed by atoms with E-state index in [1.54, 1.807) is 7.11 Å². The molecule has 5 nitrogen and oxygen atoms in total. The molecule has 1 saturated heterocycles. The molecule has 3 aliphatic carbocycles. The highest BCUT2D eigenvalue weighted by molar-refractivity contribution is 5.61. The molecular formula is C27H39NO4. The van der Waals surface area contributed by atoms with Gasteiger partial charge in [-0.1, -0.05) is 26.8 Å². The molecule has 2 aliphatic heterocycles. The van der Waals surface area contributed by atoms with Crippen molar-refractivity contribution in [3.05, 3.63) is 23.3 Å². The van der Waals surface area contributed by atoms with Crippen LogP contribution < -0.4 is 4.74 Å². The van der Waals surface area contributed by atoms with E-state index < -0.39 is 5.60 Å². The van der Waals surface area contributed by atoms with Crippen LogP contribution >= 0.6 is 0 Å². The lowest BCUT2D eigenvalue weighted by molar-refractivity contribution is -0.206. The van der Waals surface area contributed by atoms with Gasteiger partial charge in [0.15, 0.2) is 11.5 Å². The van der Waals surface area contributed by atoms with Gasteiger partial charge >= 0.3 is 0 Å². The van der Waals surface area contributed by atoms with Crippen LogP contribution in [0.25, 0.3) is 0 Å². The number of methoxy groups -OCH3 is 1. The lowest BCUT2D eigenvalue weighted by Gasteiger charge is -2.63. The number of piperidine rings is 1. The zero-order chi connectivity index (χ0) is 22.6. The van der Waals surface area contributed by atoms with Gasteiger partial charge in [0.05, 0.1) is 5.60 Å². The molecule has 32 heavy (non-hydrogen) atoms. The lowest BCUT2D eigenvalue weighted by Crippen LogP contribution is -2.71. The van der Waals surface area contributed by atoms with E-state index in [1.807, 2.05) is 13.0 Å². The molecular weight excluding hydrogens is 402 g/mol. The van der Waals surface area contributed by atoms with Crippen LogP contribution in [0, 0.1) is 23.2 Å². The molecule has 1 aromatic rings. The molecule has 3 fully saturated rings. The van der Waals surface area contributed by atoms with Crippen molar-refractivity contribution in [2.45, 2.75) is 89.1 Å². The average Bonchev–Trinajstić information content (AvgIpc) is 3.48. The van der Waals surface area contributed by atoms with E-state index in [1.165, 1.54) is 30.5 Å². The van der Waals surface area contributed by atoms with Gasteiger partial charge in [0.25, 0.3) is 0 Å². The minimum atomic E-state index is -0.897. The Morgan fingerprint density at radius 2 is 1.97 bits per heavy atom. The smallest absolute Gasteiger partial charge is 0.165 e. The number of rotatable bonds is 4. The van der Waals surface area contributed by atoms with Crippen molar-refractivity contribution in [2.24, 2.45) is 23.2 Å². The Bertz CT molecular complexity index is 932. The highest BCUT2D eigenvalue weighted by Crippen LogP contribution is 2.66. The van der Waals surface area contributed by atoms with E-state index in [4.69, 9.17) is 9.47 Å². The van der Waals surface area contributed by atoms with Gasteiger partial charge in [0.1, 0.15) is 12.2 Å². The first kappa shape index (κ1) is 21.2. The fourth-order valence-corrected chi connectivity index (χ4v) is 7.82. The van der Waals surface area contributed by atoms with E-state index in [0.29, 0.717) is 17.7 Å². The van der Waals surface area contributed by atoms with Crippen LogP contribution in [-0.4, -0.2) is 59.2 Å². The normalized spacial score (nSPS) is 39.9. The van der Waals surface area contributed by atoms with Crippen LogP contribution in [0.1, 0.15) is 64.5 Å². The SMILES string of the molecule is COC1[C@@H](C(C)(O)C(C)(C)C)CC2C3Cc4ccc(O)c5c4[C@@]2(CCN3CC2CC2)[C@H]1O5. The third-order valence-corrected chi connectivity index (χ3v) is 10.2.